The SMILES string of the molecule is [CH-]=C(C)C(C)=C(C)C.[K+]. The molecule has 0 rings (SSSR count). The van der Waals surface area contributed by atoms with Gasteiger partial charge in [-0.15, -0.1) is 6.92 Å². The Balaban J connectivity index is 0. The fourth-order valence-corrected chi connectivity index (χ4v) is 0.394. The Morgan fingerprint density at radius 2 is 1.33 bits per heavy atom. The van der Waals surface area contributed by atoms with Gasteiger partial charge in [-0.1, -0.05) is 20.8 Å². The van der Waals surface area contributed by atoms with Gasteiger partial charge >= 0.3 is 51.4 Å². The van der Waals surface area contributed by atoms with Crippen LogP contribution in [0.1, 0.15) is 27.7 Å². The van der Waals surface area contributed by atoms with Gasteiger partial charge < -0.3 is 0 Å². The van der Waals surface area contributed by atoms with Gasteiger partial charge in [0.05, 0.1) is 0 Å². The molecule has 0 radical (unpaired) electrons. The molecular weight excluding hydrogens is 135 g/mol. The van der Waals surface area contributed by atoms with Gasteiger partial charge in [0, 0.05) is 0 Å². The van der Waals surface area contributed by atoms with Crippen molar-refractivity contribution in [3.05, 3.63) is 23.3 Å². The summed E-state index contributed by atoms with van der Waals surface area (Å²) in [5, 5.41) is 0. The molecule has 46 valence electrons. The van der Waals surface area contributed by atoms with E-state index in [9.17, 15) is 0 Å². The van der Waals surface area contributed by atoms with Gasteiger partial charge in [0.25, 0.3) is 0 Å². The number of allylic oxidation sites excluding steroid dienone is 3. The summed E-state index contributed by atoms with van der Waals surface area (Å²) in [5.74, 6) is 0. The molecule has 0 spiro atoms. The molecule has 1 heteroatoms. The first-order valence-electron chi connectivity index (χ1n) is 2.79. The summed E-state index contributed by atoms with van der Waals surface area (Å²) in [7, 11) is 0. The molecule has 0 fully saturated rings. The van der Waals surface area contributed by atoms with Crippen LogP contribution in [0.25, 0.3) is 0 Å². The van der Waals surface area contributed by atoms with Gasteiger partial charge in [-0.25, -0.2) is 5.57 Å². The zero-order chi connectivity index (χ0) is 6.73. The van der Waals surface area contributed by atoms with Crippen LogP contribution < -0.4 is 51.4 Å². The zero-order valence-corrected chi connectivity index (χ0v) is 10.2. The van der Waals surface area contributed by atoms with Crippen LogP contribution in [-0.4, -0.2) is 0 Å². The maximum absolute atomic E-state index is 5.50. The molecule has 0 aliphatic carbocycles. The van der Waals surface area contributed by atoms with Crippen molar-refractivity contribution in [1.82, 2.24) is 0 Å². The monoisotopic (exact) mass is 148 g/mol. The Morgan fingerprint density at radius 1 is 1.00 bits per heavy atom. The van der Waals surface area contributed by atoms with E-state index in [0.717, 1.165) is 5.57 Å². The molecule has 0 saturated carbocycles. The van der Waals surface area contributed by atoms with Crippen molar-refractivity contribution in [3.63, 3.8) is 0 Å². The average molecular weight is 148 g/mol. The van der Waals surface area contributed by atoms with Crippen LogP contribution in [0.3, 0.4) is 0 Å². The summed E-state index contributed by atoms with van der Waals surface area (Å²) < 4.78 is 0. The van der Waals surface area contributed by atoms with E-state index in [4.69, 9.17) is 6.58 Å². The van der Waals surface area contributed by atoms with Crippen LogP contribution >= 0.6 is 0 Å². The quantitative estimate of drug-likeness (QED) is 0.273. The van der Waals surface area contributed by atoms with Crippen molar-refractivity contribution in [1.29, 1.82) is 0 Å². The topological polar surface area (TPSA) is 0 Å². The zero-order valence-electron chi connectivity index (χ0n) is 7.08. The van der Waals surface area contributed by atoms with Crippen molar-refractivity contribution in [2.45, 2.75) is 27.7 Å². The fraction of sp³-hybridized carbons (Fsp3) is 0.500. The van der Waals surface area contributed by atoms with Crippen molar-refractivity contribution >= 4 is 0 Å². The minimum atomic E-state index is 0. The van der Waals surface area contributed by atoms with E-state index in [-0.39, 0.29) is 51.4 Å². The second-order valence-electron chi connectivity index (χ2n) is 2.31. The van der Waals surface area contributed by atoms with Crippen LogP contribution in [0.15, 0.2) is 16.7 Å². The van der Waals surface area contributed by atoms with Gasteiger partial charge in [-0.3, -0.25) is 6.58 Å². The van der Waals surface area contributed by atoms with Crippen LogP contribution in [0, 0.1) is 6.58 Å². The average Bonchev–Trinajstić information content (AvgIpc) is 1.64. The second-order valence-corrected chi connectivity index (χ2v) is 2.31. The molecule has 0 aliphatic rings. The van der Waals surface area contributed by atoms with Crippen molar-refractivity contribution in [2.75, 3.05) is 0 Å². The Hall–Kier alpha value is 1.12. The Morgan fingerprint density at radius 3 is 1.33 bits per heavy atom. The van der Waals surface area contributed by atoms with Crippen LogP contribution in [0.2, 0.25) is 0 Å². The predicted octanol–water partition coefficient (Wildman–Crippen LogP) is -0.274. The minimum Gasteiger partial charge on any atom is -0.290 e. The second kappa shape index (κ2) is 5.87. The standard InChI is InChI=1S/C8H13.K/c1-6(2)8(5)7(3)4;/h1H,2-5H3;/q-1;+1. The summed E-state index contributed by atoms with van der Waals surface area (Å²) in [6.07, 6.45) is 0. The number of hydrogen-bond donors (Lipinski definition) is 0. The van der Waals surface area contributed by atoms with E-state index in [1.54, 1.807) is 0 Å². The van der Waals surface area contributed by atoms with Crippen molar-refractivity contribution in [3.8, 4) is 0 Å². The molecule has 0 unspecified atom stereocenters. The third-order valence-electron chi connectivity index (χ3n) is 1.34. The van der Waals surface area contributed by atoms with Crippen LogP contribution in [0.4, 0.5) is 0 Å². The Kier molecular flexibility index (Phi) is 8.32. The first-order valence-corrected chi connectivity index (χ1v) is 2.79. The van der Waals surface area contributed by atoms with E-state index in [0.29, 0.717) is 0 Å². The van der Waals surface area contributed by atoms with Crippen LogP contribution in [0.5, 0.6) is 0 Å². The van der Waals surface area contributed by atoms with E-state index in [1.807, 2.05) is 13.8 Å². The molecule has 0 bridgehead atoms. The van der Waals surface area contributed by atoms with Crippen molar-refractivity contribution in [2.24, 2.45) is 0 Å². The maximum Gasteiger partial charge on any atom is 1.00 e. The largest absolute Gasteiger partial charge is 1.00 e. The molecule has 0 aromatic carbocycles. The third-order valence-corrected chi connectivity index (χ3v) is 1.34. The van der Waals surface area contributed by atoms with Gasteiger partial charge in [-0.05, 0) is 0 Å². The number of rotatable bonds is 1. The van der Waals surface area contributed by atoms with Crippen LogP contribution in [-0.2, 0) is 0 Å². The van der Waals surface area contributed by atoms with E-state index >= 15 is 0 Å². The van der Waals surface area contributed by atoms with E-state index < -0.39 is 0 Å². The molecule has 0 atom stereocenters. The molecule has 9 heavy (non-hydrogen) atoms. The Labute approximate surface area is 101 Å². The molecule has 0 aromatic heterocycles. The van der Waals surface area contributed by atoms with Gasteiger partial charge in [-0.2, -0.15) is 11.1 Å². The fourth-order valence-electron chi connectivity index (χ4n) is 0.394. The van der Waals surface area contributed by atoms with Gasteiger partial charge in [0.15, 0.2) is 0 Å². The first kappa shape index (κ1) is 12.8. The minimum absolute atomic E-state index is 0. The van der Waals surface area contributed by atoms with Crippen molar-refractivity contribution < 1.29 is 51.4 Å². The Bertz CT molecular complexity index is 128. The van der Waals surface area contributed by atoms with Gasteiger partial charge in [0.1, 0.15) is 0 Å². The molecule has 0 heterocycles. The molecule has 0 aliphatic heterocycles. The summed E-state index contributed by atoms with van der Waals surface area (Å²) in [4.78, 5) is 0. The first-order chi connectivity index (χ1) is 3.55. The third kappa shape index (κ3) is 5.56. The smallest absolute Gasteiger partial charge is 0.290 e. The normalized spacial score (nSPS) is 7.56. The van der Waals surface area contributed by atoms with Gasteiger partial charge in [0.2, 0.25) is 0 Å². The van der Waals surface area contributed by atoms with E-state index in [1.165, 1.54) is 11.1 Å². The predicted molar refractivity (Wildman–Crippen MR) is 37.5 cm³/mol. The summed E-state index contributed by atoms with van der Waals surface area (Å²) in [6, 6.07) is 0. The summed E-state index contributed by atoms with van der Waals surface area (Å²) in [6.45, 7) is 13.6. The summed E-state index contributed by atoms with van der Waals surface area (Å²) >= 11 is 0. The molecular formula is C8H13K. The molecule has 0 aromatic rings. The molecule has 0 N–H and O–H groups in total. The number of hydrogen-bond acceptors (Lipinski definition) is 0. The maximum atomic E-state index is 5.50. The molecule has 0 amide bonds. The molecule has 0 nitrogen and oxygen atoms in total. The molecule has 0 saturated heterocycles. The summed E-state index contributed by atoms with van der Waals surface area (Å²) in [5.41, 5.74) is 3.43. The van der Waals surface area contributed by atoms with E-state index in [2.05, 4.69) is 13.8 Å².